The lowest BCUT2D eigenvalue weighted by Crippen LogP contribution is -2.31. The normalized spacial score (nSPS) is 18.6. The summed E-state index contributed by atoms with van der Waals surface area (Å²) in [6.45, 7) is 1.38. The number of anilines is 3. The Labute approximate surface area is 177 Å². The van der Waals surface area contributed by atoms with Gasteiger partial charge in [-0.15, -0.1) is 0 Å². The molecule has 4 rings (SSSR count). The van der Waals surface area contributed by atoms with E-state index in [0.717, 1.165) is 36.3 Å². The van der Waals surface area contributed by atoms with Crippen LogP contribution in [0.2, 0.25) is 0 Å². The van der Waals surface area contributed by atoms with Gasteiger partial charge in [0.2, 0.25) is 5.91 Å². The fraction of sp³-hybridized carbons (Fsp3) is 0.364. The molecular formula is C22H23F3N4O2. The fourth-order valence-corrected chi connectivity index (χ4v) is 3.94. The van der Waals surface area contributed by atoms with Gasteiger partial charge < -0.3 is 20.9 Å². The van der Waals surface area contributed by atoms with E-state index in [2.05, 4.69) is 16.0 Å². The second kappa shape index (κ2) is 8.22. The van der Waals surface area contributed by atoms with Crippen molar-refractivity contribution in [2.45, 2.75) is 31.5 Å². The zero-order valence-corrected chi connectivity index (χ0v) is 17.0. The third-order valence-corrected chi connectivity index (χ3v) is 5.70. The molecule has 0 radical (unpaired) electrons. The Kier molecular flexibility index (Phi) is 5.62. The highest BCUT2D eigenvalue weighted by atomic mass is 19.4. The van der Waals surface area contributed by atoms with Crippen LogP contribution in [0.5, 0.6) is 0 Å². The van der Waals surface area contributed by atoms with E-state index in [1.54, 1.807) is 24.1 Å². The standard InChI is InChI=1S/C22H23F3N4O2/c1-29-19-11-15(5-2-13(19)3-7-20(29)30)28-21(31)17-6-4-14(22(23,24)25)10-18(17)27-16-8-9-26-12-16/h2,4-6,10-11,16,26-27H,3,7-9,12H2,1H3,(H,28,31)/t16-/m0/s1. The Hall–Kier alpha value is -3.07. The van der Waals surface area contributed by atoms with Gasteiger partial charge in [0.1, 0.15) is 0 Å². The maximum Gasteiger partial charge on any atom is 0.416 e. The van der Waals surface area contributed by atoms with Crippen LogP contribution in [0.15, 0.2) is 36.4 Å². The first-order valence-corrected chi connectivity index (χ1v) is 10.1. The van der Waals surface area contributed by atoms with Crippen molar-refractivity contribution in [2.24, 2.45) is 0 Å². The molecule has 2 aliphatic rings. The van der Waals surface area contributed by atoms with Crippen molar-refractivity contribution < 1.29 is 22.8 Å². The van der Waals surface area contributed by atoms with Gasteiger partial charge in [-0.1, -0.05) is 6.07 Å². The van der Waals surface area contributed by atoms with Gasteiger partial charge in [-0.2, -0.15) is 13.2 Å². The van der Waals surface area contributed by atoms with E-state index in [-0.39, 0.29) is 23.2 Å². The Bertz CT molecular complexity index is 1020. The number of nitrogens with zero attached hydrogens (tertiary/aromatic N) is 1. The summed E-state index contributed by atoms with van der Waals surface area (Å²) in [5.41, 5.74) is 1.65. The first-order valence-electron chi connectivity index (χ1n) is 10.1. The van der Waals surface area contributed by atoms with Gasteiger partial charge in [0.15, 0.2) is 0 Å². The summed E-state index contributed by atoms with van der Waals surface area (Å²) >= 11 is 0. The van der Waals surface area contributed by atoms with Gasteiger partial charge in [-0.3, -0.25) is 9.59 Å². The second-order valence-electron chi connectivity index (χ2n) is 7.84. The maximum atomic E-state index is 13.2. The molecule has 6 nitrogen and oxygen atoms in total. The minimum absolute atomic E-state index is 0.00428. The first-order chi connectivity index (χ1) is 14.7. The summed E-state index contributed by atoms with van der Waals surface area (Å²) in [6, 6.07) is 8.32. The highest BCUT2D eigenvalue weighted by molar-refractivity contribution is 6.08. The van der Waals surface area contributed by atoms with Crippen molar-refractivity contribution in [3.63, 3.8) is 0 Å². The first kappa shape index (κ1) is 21.2. The van der Waals surface area contributed by atoms with Gasteiger partial charge in [0.25, 0.3) is 5.91 Å². The third kappa shape index (κ3) is 4.51. The average Bonchev–Trinajstić information content (AvgIpc) is 3.23. The van der Waals surface area contributed by atoms with Crippen LogP contribution in [0.1, 0.15) is 34.3 Å². The number of carbonyl (C=O) groups is 2. The minimum Gasteiger partial charge on any atom is -0.380 e. The molecule has 3 N–H and O–H groups in total. The molecule has 1 atom stereocenters. The van der Waals surface area contributed by atoms with E-state index >= 15 is 0 Å². The largest absolute Gasteiger partial charge is 0.416 e. The molecule has 2 amide bonds. The SMILES string of the molecule is CN1C(=O)CCc2ccc(NC(=O)c3ccc(C(F)(F)F)cc3N[C@H]3CCNC3)cc21. The Morgan fingerprint density at radius 2 is 1.97 bits per heavy atom. The van der Waals surface area contributed by atoms with Crippen LogP contribution in [0.25, 0.3) is 0 Å². The molecule has 0 saturated carbocycles. The molecule has 0 spiro atoms. The molecule has 31 heavy (non-hydrogen) atoms. The molecule has 2 aromatic carbocycles. The Morgan fingerprint density at radius 1 is 1.16 bits per heavy atom. The topological polar surface area (TPSA) is 73.5 Å². The molecule has 0 unspecified atom stereocenters. The van der Waals surface area contributed by atoms with Crippen molar-refractivity contribution in [1.82, 2.24) is 5.32 Å². The minimum atomic E-state index is -4.50. The van der Waals surface area contributed by atoms with E-state index in [0.29, 0.717) is 25.1 Å². The number of alkyl halides is 3. The zero-order valence-electron chi connectivity index (χ0n) is 17.0. The number of amides is 2. The predicted octanol–water partition coefficient (Wildman–Crippen LogP) is 3.64. The second-order valence-corrected chi connectivity index (χ2v) is 7.84. The van der Waals surface area contributed by atoms with Crippen LogP contribution >= 0.6 is 0 Å². The number of fused-ring (bicyclic) bond motifs is 1. The summed E-state index contributed by atoms with van der Waals surface area (Å²) < 4.78 is 39.7. The Balaban J connectivity index is 1.61. The lowest BCUT2D eigenvalue weighted by Gasteiger charge is -2.26. The highest BCUT2D eigenvalue weighted by Crippen LogP contribution is 2.34. The number of carbonyl (C=O) groups excluding carboxylic acids is 2. The zero-order chi connectivity index (χ0) is 22.2. The van der Waals surface area contributed by atoms with E-state index < -0.39 is 17.6 Å². The fourth-order valence-electron chi connectivity index (χ4n) is 3.94. The van der Waals surface area contributed by atoms with Gasteiger partial charge >= 0.3 is 6.18 Å². The number of nitrogens with one attached hydrogen (secondary N) is 3. The van der Waals surface area contributed by atoms with Gasteiger partial charge in [-0.25, -0.2) is 0 Å². The van der Waals surface area contributed by atoms with Crippen molar-refractivity contribution in [2.75, 3.05) is 35.7 Å². The quantitative estimate of drug-likeness (QED) is 0.690. The predicted molar refractivity (Wildman–Crippen MR) is 112 cm³/mol. The molecule has 0 aliphatic carbocycles. The summed E-state index contributed by atoms with van der Waals surface area (Å²) in [5.74, 6) is -0.526. The van der Waals surface area contributed by atoms with E-state index in [1.807, 2.05) is 6.07 Å². The summed E-state index contributed by atoms with van der Waals surface area (Å²) in [5, 5.41) is 8.97. The molecule has 2 aromatic rings. The van der Waals surface area contributed by atoms with E-state index in [1.165, 1.54) is 6.07 Å². The van der Waals surface area contributed by atoms with Crippen molar-refractivity contribution in [3.05, 3.63) is 53.1 Å². The molecule has 9 heteroatoms. The van der Waals surface area contributed by atoms with Crippen molar-refractivity contribution in [3.8, 4) is 0 Å². The van der Waals surface area contributed by atoms with Gasteiger partial charge in [0.05, 0.1) is 11.1 Å². The van der Waals surface area contributed by atoms with Crippen LogP contribution in [0.3, 0.4) is 0 Å². The van der Waals surface area contributed by atoms with Crippen LogP contribution < -0.4 is 20.9 Å². The summed E-state index contributed by atoms with van der Waals surface area (Å²) in [7, 11) is 1.68. The van der Waals surface area contributed by atoms with Crippen LogP contribution in [-0.2, 0) is 17.4 Å². The molecule has 0 bridgehead atoms. The van der Waals surface area contributed by atoms with Gasteiger partial charge in [0, 0.05) is 43.1 Å². The number of hydrogen-bond donors (Lipinski definition) is 3. The van der Waals surface area contributed by atoms with Crippen LogP contribution in [0.4, 0.5) is 30.2 Å². The van der Waals surface area contributed by atoms with E-state index in [4.69, 9.17) is 0 Å². The van der Waals surface area contributed by atoms with Crippen LogP contribution in [0, 0.1) is 0 Å². The molecule has 2 aliphatic heterocycles. The van der Waals surface area contributed by atoms with E-state index in [9.17, 15) is 22.8 Å². The highest BCUT2D eigenvalue weighted by Gasteiger charge is 2.32. The lowest BCUT2D eigenvalue weighted by atomic mass is 10.0. The number of rotatable bonds is 4. The molecule has 164 valence electrons. The smallest absolute Gasteiger partial charge is 0.380 e. The van der Waals surface area contributed by atoms with Gasteiger partial charge in [-0.05, 0) is 55.3 Å². The number of hydrogen-bond acceptors (Lipinski definition) is 4. The number of aryl methyl sites for hydroxylation is 1. The number of halogens is 3. The lowest BCUT2D eigenvalue weighted by molar-refractivity contribution is -0.137. The molecule has 0 aromatic heterocycles. The number of benzene rings is 2. The average molecular weight is 432 g/mol. The summed E-state index contributed by atoms with van der Waals surface area (Å²) in [6.07, 6.45) is -2.68. The maximum absolute atomic E-state index is 13.2. The van der Waals surface area contributed by atoms with Crippen molar-refractivity contribution in [1.29, 1.82) is 0 Å². The molecular weight excluding hydrogens is 409 g/mol. The molecule has 2 heterocycles. The molecule has 1 saturated heterocycles. The Morgan fingerprint density at radius 3 is 2.68 bits per heavy atom. The summed E-state index contributed by atoms with van der Waals surface area (Å²) in [4.78, 5) is 26.5. The monoisotopic (exact) mass is 432 g/mol. The third-order valence-electron chi connectivity index (χ3n) is 5.70. The van der Waals surface area contributed by atoms with Crippen LogP contribution in [-0.4, -0.2) is 38.0 Å². The van der Waals surface area contributed by atoms with Crippen molar-refractivity contribution >= 4 is 28.9 Å². The molecule has 1 fully saturated rings.